The number of aryl methyl sites for hydroxylation is 1. The Bertz CT molecular complexity index is 289. The maximum absolute atomic E-state index is 5.45. The lowest BCUT2D eigenvalue weighted by Crippen LogP contribution is -2.03. The number of hydrogen-bond acceptors (Lipinski definition) is 3. The van der Waals surface area contributed by atoms with Gasteiger partial charge in [-0.15, -0.1) is 0 Å². The largest absolute Gasteiger partial charge is 0.494 e. The normalized spacial score (nSPS) is 9.93. The molecule has 0 heterocycles. The Hall–Kier alpha value is -0.830. The van der Waals surface area contributed by atoms with E-state index in [2.05, 4.69) is 30.9 Å². The van der Waals surface area contributed by atoms with Crippen molar-refractivity contribution in [2.45, 2.75) is 13.8 Å². The second-order valence-corrected chi connectivity index (χ2v) is 3.51. The molecule has 0 aliphatic carbocycles. The lowest BCUT2D eigenvalue weighted by Gasteiger charge is -2.10. The number of rotatable bonds is 5. The number of nitrogens with one attached hydrogen (secondary N) is 1. The number of thiol groups is 1. The molecule has 3 heteroatoms. The van der Waals surface area contributed by atoms with Crippen molar-refractivity contribution < 1.29 is 4.74 Å². The standard InChI is InChI=1S/C11H17NOS/c1-3-13-11-5-4-10(8-9(11)2)12-6-7-14/h4-5,8,12,14H,3,6-7H2,1-2H3. The summed E-state index contributed by atoms with van der Waals surface area (Å²) in [4.78, 5) is 0. The minimum Gasteiger partial charge on any atom is -0.494 e. The van der Waals surface area contributed by atoms with Crippen LogP contribution in [0.5, 0.6) is 5.75 Å². The van der Waals surface area contributed by atoms with Crippen molar-refractivity contribution in [3.05, 3.63) is 23.8 Å². The predicted molar refractivity (Wildman–Crippen MR) is 64.7 cm³/mol. The summed E-state index contributed by atoms with van der Waals surface area (Å²) >= 11 is 4.14. The van der Waals surface area contributed by atoms with Gasteiger partial charge < -0.3 is 10.1 Å². The van der Waals surface area contributed by atoms with Crippen LogP contribution in [0.15, 0.2) is 18.2 Å². The van der Waals surface area contributed by atoms with Gasteiger partial charge in [-0.2, -0.15) is 12.6 Å². The topological polar surface area (TPSA) is 21.3 Å². The molecule has 0 saturated heterocycles. The zero-order chi connectivity index (χ0) is 10.4. The van der Waals surface area contributed by atoms with Crippen LogP contribution in [0, 0.1) is 6.92 Å². The van der Waals surface area contributed by atoms with E-state index in [1.165, 1.54) is 0 Å². The van der Waals surface area contributed by atoms with Crippen molar-refractivity contribution in [3.63, 3.8) is 0 Å². The van der Waals surface area contributed by atoms with Crippen LogP contribution in [-0.2, 0) is 0 Å². The molecule has 0 spiro atoms. The molecule has 0 fully saturated rings. The summed E-state index contributed by atoms with van der Waals surface area (Å²) in [5, 5.41) is 3.27. The molecule has 0 aliphatic rings. The molecule has 2 nitrogen and oxygen atoms in total. The molecule has 0 atom stereocenters. The molecule has 0 unspecified atom stereocenters. The Morgan fingerprint density at radius 1 is 1.43 bits per heavy atom. The van der Waals surface area contributed by atoms with Crippen molar-refractivity contribution in [2.75, 3.05) is 24.2 Å². The monoisotopic (exact) mass is 211 g/mol. The molecule has 1 aromatic carbocycles. The number of benzene rings is 1. The summed E-state index contributed by atoms with van der Waals surface area (Å²) in [5.74, 6) is 1.80. The number of anilines is 1. The predicted octanol–water partition coefficient (Wildman–Crippen LogP) is 2.74. The van der Waals surface area contributed by atoms with E-state index in [9.17, 15) is 0 Å². The SMILES string of the molecule is CCOc1ccc(NCCS)cc1C. The Morgan fingerprint density at radius 3 is 2.79 bits per heavy atom. The van der Waals surface area contributed by atoms with Gasteiger partial charge in [-0.3, -0.25) is 0 Å². The van der Waals surface area contributed by atoms with Gasteiger partial charge in [0.05, 0.1) is 6.61 Å². The highest BCUT2D eigenvalue weighted by atomic mass is 32.1. The zero-order valence-corrected chi connectivity index (χ0v) is 9.60. The Labute approximate surface area is 91.1 Å². The molecule has 0 aromatic heterocycles. The van der Waals surface area contributed by atoms with E-state index in [0.29, 0.717) is 6.61 Å². The molecule has 1 rings (SSSR count). The fraction of sp³-hybridized carbons (Fsp3) is 0.455. The first kappa shape index (κ1) is 11.2. The first-order valence-corrected chi connectivity index (χ1v) is 5.49. The summed E-state index contributed by atoms with van der Waals surface area (Å²) in [5.41, 5.74) is 2.29. The van der Waals surface area contributed by atoms with E-state index < -0.39 is 0 Å². The number of hydrogen-bond donors (Lipinski definition) is 2. The van der Waals surface area contributed by atoms with Crippen LogP contribution in [0.1, 0.15) is 12.5 Å². The first-order chi connectivity index (χ1) is 6.77. The molecule has 14 heavy (non-hydrogen) atoms. The molecular formula is C11H17NOS. The minimum atomic E-state index is 0.713. The third-order valence-electron chi connectivity index (χ3n) is 1.92. The van der Waals surface area contributed by atoms with Crippen molar-refractivity contribution >= 4 is 18.3 Å². The maximum Gasteiger partial charge on any atom is 0.122 e. The molecule has 0 bridgehead atoms. The quantitative estimate of drug-likeness (QED) is 0.731. The smallest absolute Gasteiger partial charge is 0.122 e. The molecular weight excluding hydrogens is 194 g/mol. The Kier molecular flexibility index (Phi) is 4.66. The third-order valence-corrected chi connectivity index (χ3v) is 2.14. The summed E-state index contributed by atoms with van der Waals surface area (Å²) in [6.45, 7) is 5.64. The van der Waals surface area contributed by atoms with Crippen LogP contribution in [0.3, 0.4) is 0 Å². The maximum atomic E-state index is 5.45. The molecule has 78 valence electrons. The van der Waals surface area contributed by atoms with Gasteiger partial charge >= 0.3 is 0 Å². The van der Waals surface area contributed by atoms with E-state index in [0.717, 1.165) is 29.3 Å². The summed E-state index contributed by atoms with van der Waals surface area (Å²) in [6, 6.07) is 6.12. The van der Waals surface area contributed by atoms with E-state index >= 15 is 0 Å². The van der Waals surface area contributed by atoms with Crippen molar-refractivity contribution in [1.82, 2.24) is 0 Å². The minimum absolute atomic E-state index is 0.713. The van der Waals surface area contributed by atoms with Crippen molar-refractivity contribution in [1.29, 1.82) is 0 Å². The summed E-state index contributed by atoms with van der Waals surface area (Å²) in [7, 11) is 0. The molecule has 0 aliphatic heterocycles. The fourth-order valence-electron chi connectivity index (χ4n) is 1.28. The Morgan fingerprint density at radius 2 is 2.21 bits per heavy atom. The fourth-order valence-corrected chi connectivity index (χ4v) is 1.39. The highest BCUT2D eigenvalue weighted by Crippen LogP contribution is 2.21. The van der Waals surface area contributed by atoms with Crippen molar-refractivity contribution in [3.8, 4) is 5.75 Å². The highest BCUT2D eigenvalue weighted by molar-refractivity contribution is 7.80. The average molecular weight is 211 g/mol. The van der Waals surface area contributed by atoms with Crippen LogP contribution in [0.25, 0.3) is 0 Å². The molecule has 1 N–H and O–H groups in total. The first-order valence-electron chi connectivity index (χ1n) is 4.86. The summed E-state index contributed by atoms with van der Waals surface area (Å²) < 4.78 is 5.45. The Balaban J connectivity index is 2.68. The van der Waals surface area contributed by atoms with Gasteiger partial charge in [0.1, 0.15) is 5.75 Å². The highest BCUT2D eigenvalue weighted by Gasteiger charge is 1.99. The van der Waals surface area contributed by atoms with E-state index in [1.807, 2.05) is 19.1 Å². The lowest BCUT2D eigenvalue weighted by atomic mass is 10.2. The van der Waals surface area contributed by atoms with Crippen LogP contribution in [0.4, 0.5) is 5.69 Å². The van der Waals surface area contributed by atoms with Gasteiger partial charge in [-0.05, 0) is 37.6 Å². The lowest BCUT2D eigenvalue weighted by molar-refractivity contribution is 0.338. The number of ether oxygens (including phenoxy) is 1. The van der Waals surface area contributed by atoms with Gasteiger partial charge in [0.2, 0.25) is 0 Å². The van der Waals surface area contributed by atoms with Gasteiger partial charge in [0, 0.05) is 18.0 Å². The zero-order valence-electron chi connectivity index (χ0n) is 8.71. The van der Waals surface area contributed by atoms with Crippen LogP contribution in [-0.4, -0.2) is 18.9 Å². The average Bonchev–Trinajstić information content (AvgIpc) is 2.19. The van der Waals surface area contributed by atoms with Crippen LogP contribution < -0.4 is 10.1 Å². The van der Waals surface area contributed by atoms with Gasteiger partial charge in [0.25, 0.3) is 0 Å². The van der Waals surface area contributed by atoms with E-state index in [-0.39, 0.29) is 0 Å². The van der Waals surface area contributed by atoms with Crippen LogP contribution >= 0.6 is 12.6 Å². The second-order valence-electron chi connectivity index (χ2n) is 3.06. The third kappa shape index (κ3) is 3.14. The molecule has 0 saturated carbocycles. The molecule has 0 amide bonds. The van der Waals surface area contributed by atoms with E-state index in [4.69, 9.17) is 4.74 Å². The molecule has 1 aromatic rings. The van der Waals surface area contributed by atoms with Gasteiger partial charge in [0.15, 0.2) is 0 Å². The van der Waals surface area contributed by atoms with Crippen LogP contribution in [0.2, 0.25) is 0 Å². The molecule has 0 radical (unpaired) electrons. The second kappa shape index (κ2) is 5.81. The van der Waals surface area contributed by atoms with Crippen molar-refractivity contribution in [2.24, 2.45) is 0 Å². The summed E-state index contributed by atoms with van der Waals surface area (Å²) in [6.07, 6.45) is 0. The van der Waals surface area contributed by atoms with Gasteiger partial charge in [-0.25, -0.2) is 0 Å². The van der Waals surface area contributed by atoms with Gasteiger partial charge in [-0.1, -0.05) is 0 Å². The van der Waals surface area contributed by atoms with E-state index in [1.54, 1.807) is 0 Å².